The van der Waals surface area contributed by atoms with Gasteiger partial charge in [-0.1, -0.05) is 6.07 Å². The summed E-state index contributed by atoms with van der Waals surface area (Å²) in [4.78, 5) is 12.9. The molecule has 0 heterocycles. The number of rotatable bonds is 2. The highest BCUT2D eigenvalue weighted by Crippen LogP contribution is 2.36. The van der Waals surface area contributed by atoms with E-state index in [9.17, 15) is 18.0 Å². The maximum atomic E-state index is 12.3. The predicted octanol–water partition coefficient (Wildman–Crippen LogP) is 2.25. The summed E-state index contributed by atoms with van der Waals surface area (Å²) in [6.07, 6.45) is -3.40. The van der Waals surface area contributed by atoms with Crippen molar-refractivity contribution in [1.29, 1.82) is 0 Å². The number of halogens is 3. The van der Waals surface area contributed by atoms with E-state index in [2.05, 4.69) is 4.99 Å². The molecule has 1 N–H and O–H groups in total. The van der Waals surface area contributed by atoms with Gasteiger partial charge in [-0.25, -0.2) is 9.79 Å². The lowest BCUT2D eigenvalue weighted by Crippen LogP contribution is -2.05. The van der Waals surface area contributed by atoms with Crippen molar-refractivity contribution >= 4 is 6.08 Å². The van der Waals surface area contributed by atoms with Crippen molar-refractivity contribution in [3.8, 4) is 5.75 Å². The average Bonchev–Trinajstić information content (AvgIpc) is 2.15. The van der Waals surface area contributed by atoms with E-state index in [-0.39, 0.29) is 12.1 Å². The number of hydrogen-bond donors (Lipinski definition) is 1. The summed E-state index contributed by atoms with van der Waals surface area (Å²) in [6, 6.07) is 2.92. The van der Waals surface area contributed by atoms with Gasteiger partial charge in [0.2, 0.25) is 6.08 Å². The smallest absolute Gasteiger partial charge is 0.419 e. The van der Waals surface area contributed by atoms with Gasteiger partial charge in [0.25, 0.3) is 0 Å². The van der Waals surface area contributed by atoms with Gasteiger partial charge in [0.1, 0.15) is 5.75 Å². The van der Waals surface area contributed by atoms with E-state index < -0.39 is 17.5 Å². The third-order valence-corrected chi connectivity index (χ3v) is 1.69. The third kappa shape index (κ3) is 2.82. The van der Waals surface area contributed by atoms with Crippen LogP contribution in [0.15, 0.2) is 23.2 Å². The fourth-order valence-electron chi connectivity index (χ4n) is 1.03. The van der Waals surface area contributed by atoms with Gasteiger partial charge in [0, 0.05) is 0 Å². The van der Waals surface area contributed by atoms with Crippen LogP contribution in [0.3, 0.4) is 0 Å². The van der Waals surface area contributed by atoms with Gasteiger partial charge in [-0.2, -0.15) is 13.2 Å². The van der Waals surface area contributed by atoms with Crippen LogP contribution in [-0.4, -0.2) is 11.2 Å². The first-order chi connectivity index (χ1) is 6.95. The van der Waals surface area contributed by atoms with Gasteiger partial charge in [-0.05, 0) is 17.7 Å². The summed E-state index contributed by atoms with van der Waals surface area (Å²) < 4.78 is 36.8. The van der Waals surface area contributed by atoms with Crippen molar-refractivity contribution in [3.05, 3.63) is 29.3 Å². The Hall–Kier alpha value is -1.81. The second-order valence-electron chi connectivity index (χ2n) is 2.76. The molecule has 0 aliphatic carbocycles. The van der Waals surface area contributed by atoms with E-state index in [1.807, 2.05) is 0 Å². The molecule has 1 rings (SSSR count). The first-order valence-corrected chi connectivity index (χ1v) is 3.88. The highest BCUT2D eigenvalue weighted by molar-refractivity contribution is 5.39. The minimum absolute atomic E-state index is 0.184. The van der Waals surface area contributed by atoms with Crippen LogP contribution in [0.5, 0.6) is 5.75 Å². The van der Waals surface area contributed by atoms with Crippen LogP contribution in [-0.2, 0) is 17.5 Å². The summed E-state index contributed by atoms with van der Waals surface area (Å²) >= 11 is 0. The molecule has 80 valence electrons. The minimum atomic E-state index is -4.62. The molecular formula is C9H6F3NO2. The van der Waals surface area contributed by atoms with Crippen LogP contribution in [0.4, 0.5) is 13.2 Å². The highest BCUT2D eigenvalue weighted by Gasteiger charge is 2.33. The summed E-state index contributed by atoms with van der Waals surface area (Å²) in [7, 11) is 0. The highest BCUT2D eigenvalue weighted by atomic mass is 19.4. The van der Waals surface area contributed by atoms with E-state index in [1.54, 1.807) is 0 Å². The molecule has 6 heteroatoms. The number of aliphatic imine (C=N–C) groups is 1. The second-order valence-corrected chi connectivity index (χ2v) is 2.76. The van der Waals surface area contributed by atoms with E-state index in [0.717, 1.165) is 12.1 Å². The second kappa shape index (κ2) is 4.14. The molecule has 0 unspecified atom stereocenters. The number of alkyl halides is 3. The first kappa shape index (κ1) is 11.3. The molecular weight excluding hydrogens is 211 g/mol. The number of hydrogen-bond acceptors (Lipinski definition) is 3. The van der Waals surface area contributed by atoms with Gasteiger partial charge in [-0.3, -0.25) is 0 Å². The van der Waals surface area contributed by atoms with Crippen LogP contribution < -0.4 is 0 Å². The maximum Gasteiger partial charge on any atom is 0.419 e. The lowest BCUT2D eigenvalue weighted by Gasteiger charge is -2.09. The Morgan fingerprint density at radius 3 is 2.60 bits per heavy atom. The van der Waals surface area contributed by atoms with Gasteiger partial charge >= 0.3 is 6.18 Å². The average molecular weight is 217 g/mol. The van der Waals surface area contributed by atoms with Crippen molar-refractivity contribution in [2.24, 2.45) is 4.99 Å². The zero-order valence-electron chi connectivity index (χ0n) is 7.38. The molecule has 0 spiro atoms. The number of benzene rings is 1. The molecule has 0 fully saturated rings. The summed E-state index contributed by atoms with van der Waals surface area (Å²) in [5, 5.41) is 8.97. The Morgan fingerprint density at radius 1 is 1.40 bits per heavy atom. The quantitative estimate of drug-likeness (QED) is 0.610. The molecule has 0 saturated heterocycles. The molecule has 15 heavy (non-hydrogen) atoms. The van der Waals surface area contributed by atoms with Crippen LogP contribution in [0.2, 0.25) is 0 Å². The molecule has 0 aliphatic rings. The molecule has 3 nitrogen and oxygen atoms in total. The molecule has 0 aliphatic heterocycles. The lowest BCUT2D eigenvalue weighted by molar-refractivity contribution is -0.138. The number of nitrogens with zero attached hydrogens (tertiary/aromatic N) is 1. The Kier molecular flexibility index (Phi) is 3.11. The Balaban J connectivity index is 3.11. The summed E-state index contributed by atoms with van der Waals surface area (Å²) in [5.41, 5.74) is -0.954. The van der Waals surface area contributed by atoms with Crippen LogP contribution in [0.25, 0.3) is 0 Å². The van der Waals surface area contributed by atoms with Crippen molar-refractivity contribution in [3.63, 3.8) is 0 Å². The standard InChI is InChI=1S/C9H6F3NO2/c10-9(11,12)7-3-6(4-13-5-14)1-2-8(7)15/h1-3,15H,4H2. The molecule has 0 aromatic heterocycles. The van der Waals surface area contributed by atoms with E-state index in [0.29, 0.717) is 0 Å². The van der Waals surface area contributed by atoms with Crippen LogP contribution >= 0.6 is 0 Å². The molecule has 1 aromatic carbocycles. The van der Waals surface area contributed by atoms with Crippen LogP contribution in [0.1, 0.15) is 11.1 Å². The number of phenols is 1. The topological polar surface area (TPSA) is 49.7 Å². The predicted molar refractivity (Wildman–Crippen MR) is 44.9 cm³/mol. The molecule has 0 radical (unpaired) electrons. The first-order valence-electron chi connectivity index (χ1n) is 3.88. The molecule has 0 saturated carbocycles. The fourth-order valence-corrected chi connectivity index (χ4v) is 1.03. The van der Waals surface area contributed by atoms with E-state index in [4.69, 9.17) is 5.11 Å². The van der Waals surface area contributed by atoms with Gasteiger partial charge in [0.15, 0.2) is 0 Å². The van der Waals surface area contributed by atoms with Crippen molar-refractivity contribution in [2.45, 2.75) is 12.7 Å². The molecule has 0 bridgehead atoms. The fraction of sp³-hybridized carbons (Fsp3) is 0.222. The van der Waals surface area contributed by atoms with Crippen molar-refractivity contribution in [1.82, 2.24) is 0 Å². The Morgan fingerprint density at radius 2 is 2.07 bits per heavy atom. The zero-order chi connectivity index (χ0) is 11.5. The minimum Gasteiger partial charge on any atom is -0.507 e. The molecule has 0 atom stereocenters. The summed E-state index contributed by atoms with van der Waals surface area (Å²) in [5.74, 6) is -0.846. The van der Waals surface area contributed by atoms with Gasteiger partial charge in [0.05, 0.1) is 12.1 Å². The van der Waals surface area contributed by atoms with Crippen LogP contribution in [0, 0.1) is 0 Å². The zero-order valence-corrected chi connectivity index (χ0v) is 7.38. The van der Waals surface area contributed by atoms with Crippen molar-refractivity contribution in [2.75, 3.05) is 0 Å². The SMILES string of the molecule is O=C=NCc1ccc(O)c(C(F)(F)F)c1. The van der Waals surface area contributed by atoms with Gasteiger partial charge < -0.3 is 5.11 Å². The van der Waals surface area contributed by atoms with E-state index >= 15 is 0 Å². The normalized spacial score (nSPS) is 10.9. The molecule has 1 aromatic rings. The molecule has 0 amide bonds. The van der Waals surface area contributed by atoms with E-state index in [1.165, 1.54) is 12.1 Å². The number of phenolic OH excluding ortho intramolecular Hbond substituents is 1. The Bertz CT molecular complexity index is 408. The maximum absolute atomic E-state index is 12.3. The van der Waals surface area contributed by atoms with Crippen molar-refractivity contribution < 1.29 is 23.1 Å². The largest absolute Gasteiger partial charge is 0.507 e. The number of carbonyl (C=O) groups excluding carboxylic acids is 1. The lowest BCUT2D eigenvalue weighted by atomic mass is 10.1. The monoisotopic (exact) mass is 217 g/mol. The van der Waals surface area contributed by atoms with Gasteiger partial charge in [-0.15, -0.1) is 0 Å². The summed E-state index contributed by atoms with van der Waals surface area (Å²) in [6.45, 7) is -0.188. The number of isocyanates is 1. The number of aromatic hydroxyl groups is 1. The Labute approximate surface area is 82.9 Å². The third-order valence-electron chi connectivity index (χ3n) is 1.69.